The van der Waals surface area contributed by atoms with Crippen LogP contribution in [0.25, 0.3) is 0 Å². The molecular formula is C9H8N2O3S. The average molecular weight is 224 g/mol. The predicted molar refractivity (Wildman–Crippen MR) is 56.5 cm³/mol. The van der Waals surface area contributed by atoms with E-state index in [9.17, 15) is 14.3 Å². The van der Waals surface area contributed by atoms with Crippen molar-refractivity contribution >= 4 is 16.7 Å². The number of nitro benzene ring substituents is 1. The Morgan fingerprint density at radius 1 is 1.60 bits per heavy atom. The van der Waals surface area contributed by atoms with Crippen molar-refractivity contribution in [1.29, 1.82) is 0 Å². The zero-order chi connectivity index (χ0) is 11.4. The van der Waals surface area contributed by atoms with Gasteiger partial charge in [0.1, 0.15) is 16.5 Å². The summed E-state index contributed by atoms with van der Waals surface area (Å²) in [5, 5.41) is 10.6. The maximum Gasteiger partial charge on any atom is 0.286 e. The first-order chi connectivity index (χ1) is 7.10. The van der Waals surface area contributed by atoms with Crippen LogP contribution in [0.5, 0.6) is 0 Å². The fraction of sp³-hybridized carbons (Fsp3) is 0.111. The van der Waals surface area contributed by atoms with Crippen LogP contribution in [0.4, 0.5) is 5.69 Å². The molecule has 1 atom stereocenters. The summed E-state index contributed by atoms with van der Waals surface area (Å²) < 4.78 is 13.8. The van der Waals surface area contributed by atoms with Crippen molar-refractivity contribution in [2.24, 2.45) is 0 Å². The summed E-state index contributed by atoms with van der Waals surface area (Å²) in [4.78, 5) is 10.4. The first-order valence-corrected chi connectivity index (χ1v) is 5.09. The van der Waals surface area contributed by atoms with Crippen LogP contribution in [0, 0.1) is 22.5 Å². The van der Waals surface area contributed by atoms with Gasteiger partial charge in [0.05, 0.1) is 9.82 Å². The van der Waals surface area contributed by atoms with Gasteiger partial charge in [-0.25, -0.2) is 8.93 Å². The van der Waals surface area contributed by atoms with Crippen LogP contribution in [-0.4, -0.2) is 16.2 Å². The molecule has 0 aliphatic carbocycles. The first-order valence-electron chi connectivity index (χ1n) is 3.94. The molecule has 6 heteroatoms. The number of hydrogen-bond donors (Lipinski definition) is 1. The quantitative estimate of drug-likeness (QED) is 0.469. The molecular weight excluding hydrogens is 216 g/mol. The van der Waals surface area contributed by atoms with Crippen LogP contribution in [0.2, 0.25) is 0 Å². The van der Waals surface area contributed by atoms with Crippen molar-refractivity contribution in [3.05, 3.63) is 33.9 Å². The minimum Gasteiger partial charge on any atom is -0.258 e. The highest BCUT2D eigenvalue weighted by atomic mass is 32.2. The molecule has 0 radical (unpaired) electrons. The van der Waals surface area contributed by atoms with Gasteiger partial charge in [-0.1, -0.05) is 5.92 Å². The lowest BCUT2D eigenvalue weighted by atomic mass is 10.2. The molecule has 1 aromatic carbocycles. The Morgan fingerprint density at radius 2 is 2.27 bits per heavy atom. The molecule has 1 aromatic rings. The summed E-state index contributed by atoms with van der Waals surface area (Å²) >= 11 is 0. The van der Waals surface area contributed by atoms with Gasteiger partial charge in [-0.15, -0.1) is 6.42 Å². The van der Waals surface area contributed by atoms with Crippen LogP contribution in [0.1, 0.15) is 5.56 Å². The predicted octanol–water partition coefficient (Wildman–Crippen LogP) is 0.818. The summed E-state index contributed by atoms with van der Waals surface area (Å²) in [6.45, 7) is 0. The molecule has 0 aromatic heterocycles. The topological polar surface area (TPSA) is 72.2 Å². The third kappa shape index (κ3) is 2.40. The van der Waals surface area contributed by atoms with Gasteiger partial charge in [-0.2, -0.15) is 0 Å². The molecule has 0 amide bonds. The summed E-state index contributed by atoms with van der Waals surface area (Å²) in [5.41, 5.74) is -0.0320. The van der Waals surface area contributed by atoms with E-state index >= 15 is 0 Å². The standard InChI is InChI=1S/C9H8N2O3S/c1-3-7-4-5-8(15(14)10-2)6-9(7)11(12)13/h1,4-6,10H,2H3. The monoisotopic (exact) mass is 224 g/mol. The number of terminal acetylenes is 1. The average Bonchev–Trinajstić information content (AvgIpc) is 2.27. The number of benzene rings is 1. The number of nitro groups is 1. The van der Waals surface area contributed by atoms with E-state index in [4.69, 9.17) is 6.42 Å². The van der Waals surface area contributed by atoms with Gasteiger partial charge in [0.2, 0.25) is 0 Å². The van der Waals surface area contributed by atoms with E-state index in [-0.39, 0.29) is 11.3 Å². The molecule has 0 aliphatic heterocycles. The molecule has 1 rings (SSSR count). The second kappa shape index (κ2) is 4.68. The normalized spacial score (nSPS) is 11.7. The smallest absolute Gasteiger partial charge is 0.258 e. The third-order valence-corrected chi connectivity index (χ3v) is 2.77. The Balaban J connectivity index is 3.29. The molecule has 0 bridgehead atoms. The fourth-order valence-electron chi connectivity index (χ4n) is 1.02. The third-order valence-electron chi connectivity index (χ3n) is 1.72. The van der Waals surface area contributed by atoms with Gasteiger partial charge in [0.25, 0.3) is 5.69 Å². The Morgan fingerprint density at radius 3 is 2.73 bits per heavy atom. The highest BCUT2D eigenvalue weighted by Gasteiger charge is 2.14. The minimum absolute atomic E-state index is 0.178. The summed E-state index contributed by atoms with van der Waals surface area (Å²) in [6, 6.07) is 4.11. The van der Waals surface area contributed by atoms with Gasteiger partial charge in [0.15, 0.2) is 0 Å². The molecule has 0 saturated carbocycles. The molecule has 5 nitrogen and oxygen atoms in total. The van der Waals surface area contributed by atoms with Crippen molar-refractivity contribution in [2.45, 2.75) is 4.90 Å². The van der Waals surface area contributed by atoms with E-state index in [0.717, 1.165) is 0 Å². The molecule has 1 unspecified atom stereocenters. The summed E-state index contributed by atoms with van der Waals surface area (Å²) in [6.07, 6.45) is 5.10. The number of nitrogens with one attached hydrogen (secondary N) is 1. The zero-order valence-corrected chi connectivity index (χ0v) is 8.71. The molecule has 15 heavy (non-hydrogen) atoms. The lowest BCUT2D eigenvalue weighted by molar-refractivity contribution is -0.385. The van der Waals surface area contributed by atoms with Crippen LogP contribution in [-0.2, 0) is 11.0 Å². The molecule has 0 spiro atoms. The molecule has 1 N–H and O–H groups in total. The van der Waals surface area contributed by atoms with Gasteiger partial charge in [-0.05, 0) is 19.2 Å². The first kappa shape index (κ1) is 11.4. The van der Waals surface area contributed by atoms with Crippen molar-refractivity contribution in [3.63, 3.8) is 0 Å². The highest BCUT2D eigenvalue weighted by Crippen LogP contribution is 2.20. The Bertz CT molecular complexity index is 465. The molecule has 0 aliphatic rings. The molecule has 78 valence electrons. The van der Waals surface area contributed by atoms with E-state index in [0.29, 0.717) is 4.90 Å². The van der Waals surface area contributed by atoms with E-state index in [2.05, 4.69) is 10.6 Å². The lowest BCUT2D eigenvalue weighted by Crippen LogP contribution is -2.10. The van der Waals surface area contributed by atoms with E-state index in [1.54, 1.807) is 0 Å². The maximum absolute atomic E-state index is 11.3. The van der Waals surface area contributed by atoms with Crippen LogP contribution < -0.4 is 4.72 Å². The van der Waals surface area contributed by atoms with Gasteiger partial charge >= 0.3 is 0 Å². The van der Waals surface area contributed by atoms with E-state index in [1.807, 2.05) is 0 Å². The Kier molecular flexibility index (Phi) is 3.55. The number of nitrogens with zero attached hydrogens (tertiary/aromatic N) is 1. The van der Waals surface area contributed by atoms with E-state index in [1.165, 1.54) is 25.2 Å². The van der Waals surface area contributed by atoms with Crippen molar-refractivity contribution in [1.82, 2.24) is 4.72 Å². The molecule has 0 saturated heterocycles. The van der Waals surface area contributed by atoms with Crippen molar-refractivity contribution in [2.75, 3.05) is 7.05 Å². The second-order valence-corrected chi connectivity index (χ2v) is 3.97. The summed E-state index contributed by atoms with van der Waals surface area (Å²) in [7, 11) is 0.0466. The van der Waals surface area contributed by atoms with Crippen LogP contribution in [0.3, 0.4) is 0 Å². The largest absolute Gasteiger partial charge is 0.286 e. The molecule has 0 fully saturated rings. The Labute approximate surface area is 89.2 Å². The van der Waals surface area contributed by atoms with Crippen LogP contribution >= 0.6 is 0 Å². The maximum atomic E-state index is 11.3. The van der Waals surface area contributed by atoms with Gasteiger partial charge < -0.3 is 0 Å². The van der Waals surface area contributed by atoms with Crippen molar-refractivity contribution in [3.8, 4) is 12.3 Å². The van der Waals surface area contributed by atoms with E-state index < -0.39 is 15.9 Å². The fourth-order valence-corrected chi connectivity index (χ4v) is 1.66. The zero-order valence-electron chi connectivity index (χ0n) is 7.89. The highest BCUT2D eigenvalue weighted by molar-refractivity contribution is 7.83. The number of hydrogen-bond acceptors (Lipinski definition) is 3. The van der Waals surface area contributed by atoms with Gasteiger partial charge in [-0.3, -0.25) is 10.1 Å². The Hall–Kier alpha value is -1.71. The molecule has 0 heterocycles. The van der Waals surface area contributed by atoms with Crippen LogP contribution in [0.15, 0.2) is 23.1 Å². The summed E-state index contributed by atoms with van der Waals surface area (Å²) in [5.74, 6) is 2.20. The van der Waals surface area contributed by atoms with Crippen molar-refractivity contribution < 1.29 is 9.13 Å². The number of rotatable bonds is 3. The minimum atomic E-state index is -1.45. The van der Waals surface area contributed by atoms with Gasteiger partial charge in [0, 0.05) is 6.07 Å². The second-order valence-electron chi connectivity index (χ2n) is 2.55. The lowest BCUT2D eigenvalue weighted by Gasteiger charge is -2.01. The SMILES string of the molecule is C#Cc1ccc(S(=O)NC)cc1[N+](=O)[O-].